The predicted octanol–water partition coefficient (Wildman–Crippen LogP) is 2.97. The normalized spacial score (nSPS) is 16.2. The number of thioether (sulfide) groups is 1. The zero-order chi connectivity index (χ0) is 21.5. The number of nitrogens with one attached hydrogen (secondary N) is 1. The van der Waals surface area contributed by atoms with Crippen LogP contribution in [0.1, 0.15) is 17.5 Å². The Kier molecular flexibility index (Phi) is 7.37. The maximum absolute atomic E-state index is 13.0. The number of benzene rings is 2. The third kappa shape index (κ3) is 5.77. The summed E-state index contributed by atoms with van der Waals surface area (Å²) >= 11 is 0.786. The summed E-state index contributed by atoms with van der Waals surface area (Å²) in [6, 6.07) is 14.6. The van der Waals surface area contributed by atoms with Gasteiger partial charge in [-0.1, -0.05) is 42.5 Å². The largest absolute Gasteiger partial charge is 0.394 e. The molecule has 0 saturated carbocycles. The van der Waals surface area contributed by atoms with E-state index in [4.69, 9.17) is 0 Å². The van der Waals surface area contributed by atoms with Crippen molar-refractivity contribution in [1.29, 1.82) is 0 Å². The Hall–Kier alpha value is -2.97. The Morgan fingerprint density at radius 2 is 1.83 bits per heavy atom. The van der Waals surface area contributed by atoms with Crippen molar-refractivity contribution in [2.75, 3.05) is 13.2 Å². The summed E-state index contributed by atoms with van der Waals surface area (Å²) in [6.45, 7) is -0.274. The van der Waals surface area contributed by atoms with Gasteiger partial charge in [-0.3, -0.25) is 19.3 Å². The Balaban J connectivity index is 1.54. The van der Waals surface area contributed by atoms with Crippen molar-refractivity contribution in [3.63, 3.8) is 0 Å². The number of halogens is 1. The van der Waals surface area contributed by atoms with Crippen molar-refractivity contribution in [3.8, 4) is 0 Å². The van der Waals surface area contributed by atoms with Crippen molar-refractivity contribution in [2.24, 2.45) is 0 Å². The molecule has 6 nitrogen and oxygen atoms in total. The van der Waals surface area contributed by atoms with E-state index in [1.165, 1.54) is 30.3 Å². The van der Waals surface area contributed by atoms with Crippen LogP contribution < -0.4 is 5.32 Å². The van der Waals surface area contributed by atoms with Crippen molar-refractivity contribution in [3.05, 3.63) is 76.4 Å². The molecule has 2 aromatic rings. The molecule has 3 rings (SSSR count). The van der Waals surface area contributed by atoms with E-state index >= 15 is 0 Å². The van der Waals surface area contributed by atoms with E-state index in [2.05, 4.69) is 5.32 Å². The SMILES string of the molecule is O=C(CCN1C(=O)S/C(=C\c2ccc(F)cc2)C1=O)N[C@H](CO)Cc1ccccc1. The molecular formula is C22H21FN2O4S. The molecule has 0 bridgehead atoms. The molecular weight excluding hydrogens is 407 g/mol. The number of hydrogen-bond acceptors (Lipinski definition) is 5. The highest BCUT2D eigenvalue weighted by molar-refractivity contribution is 8.18. The lowest BCUT2D eigenvalue weighted by atomic mass is 10.1. The lowest BCUT2D eigenvalue weighted by Crippen LogP contribution is -2.41. The van der Waals surface area contributed by atoms with E-state index in [1.54, 1.807) is 0 Å². The molecule has 1 aliphatic rings. The minimum atomic E-state index is -0.481. The molecule has 1 fully saturated rings. The Bertz CT molecular complexity index is 947. The molecule has 0 unspecified atom stereocenters. The van der Waals surface area contributed by atoms with Gasteiger partial charge in [0.1, 0.15) is 5.82 Å². The van der Waals surface area contributed by atoms with E-state index in [0.29, 0.717) is 12.0 Å². The zero-order valence-electron chi connectivity index (χ0n) is 16.1. The van der Waals surface area contributed by atoms with Crippen molar-refractivity contribution in [1.82, 2.24) is 10.2 Å². The van der Waals surface area contributed by atoms with Crippen molar-refractivity contribution >= 4 is 34.9 Å². The molecule has 0 aromatic heterocycles. The molecule has 0 aliphatic carbocycles. The van der Waals surface area contributed by atoms with E-state index < -0.39 is 17.2 Å². The Morgan fingerprint density at radius 1 is 1.13 bits per heavy atom. The van der Waals surface area contributed by atoms with Gasteiger partial charge in [-0.2, -0.15) is 0 Å². The van der Waals surface area contributed by atoms with Crippen LogP contribution >= 0.6 is 11.8 Å². The minimum absolute atomic E-state index is 0.0548. The monoisotopic (exact) mass is 428 g/mol. The highest BCUT2D eigenvalue weighted by Crippen LogP contribution is 2.32. The Morgan fingerprint density at radius 3 is 2.50 bits per heavy atom. The number of aliphatic hydroxyl groups excluding tert-OH is 1. The standard InChI is InChI=1S/C22H21FN2O4S/c23-17-8-6-16(7-9-17)13-19-21(28)25(22(29)30-19)11-10-20(27)24-18(14-26)12-15-4-2-1-3-5-15/h1-9,13,18,26H,10-12,14H2,(H,24,27)/b19-13-/t18-/m0/s1. The van der Waals surface area contributed by atoms with Crippen LogP contribution in [-0.2, 0) is 16.0 Å². The lowest BCUT2D eigenvalue weighted by Gasteiger charge is -2.18. The highest BCUT2D eigenvalue weighted by Gasteiger charge is 2.35. The van der Waals surface area contributed by atoms with Gasteiger partial charge in [-0.05, 0) is 47.5 Å². The van der Waals surface area contributed by atoms with E-state index in [0.717, 1.165) is 22.2 Å². The number of rotatable bonds is 8. The van der Waals surface area contributed by atoms with Crippen LogP contribution in [0.4, 0.5) is 9.18 Å². The molecule has 0 spiro atoms. The van der Waals surface area contributed by atoms with Crippen LogP contribution in [0.25, 0.3) is 6.08 Å². The van der Waals surface area contributed by atoms with E-state index in [1.807, 2.05) is 30.3 Å². The van der Waals surface area contributed by atoms with Gasteiger partial charge in [-0.15, -0.1) is 0 Å². The Labute approximate surface area is 177 Å². The fourth-order valence-electron chi connectivity index (χ4n) is 2.98. The predicted molar refractivity (Wildman–Crippen MR) is 113 cm³/mol. The number of aliphatic hydroxyl groups is 1. The van der Waals surface area contributed by atoms with E-state index in [9.17, 15) is 23.9 Å². The number of amides is 3. The van der Waals surface area contributed by atoms with Crippen LogP contribution in [0.5, 0.6) is 0 Å². The maximum atomic E-state index is 13.0. The molecule has 0 radical (unpaired) electrons. The molecule has 8 heteroatoms. The first-order valence-electron chi connectivity index (χ1n) is 9.41. The first kappa shape index (κ1) is 21.7. The summed E-state index contributed by atoms with van der Waals surface area (Å²) in [7, 11) is 0. The highest BCUT2D eigenvalue weighted by atomic mass is 32.2. The summed E-state index contributed by atoms with van der Waals surface area (Å²) in [5.41, 5.74) is 1.58. The molecule has 1 saturated heterocycles. The number of imide groups is 1. The average Bonchev–Trinajstić information content (AvgIpc) is 3.01. The van der Waals surface area contributed by atoms with Crippen LogP contribution in [0.3, 0.4) is 0 Å². The molecule has 1 atom stereocenters. The van der Waals surface area contributed by atoms with Crippen LogP contribution in [-0.4, -0.2) is 46.3 Å². The third-order valence-corrected chi connectivity index (χ3v) is 5.42. The number of nitrogens with zero attached hydrogens (tertiary/aromatic N) is 1. The average molecular weight is 428 g/mol. The second-order valence-corrected chi connectivity index (χ2v) is 7.76. The van der Waals surface area contributed by atoms with E-state index in [-0.39, 0.29) is 36.2 Å². The molecule has 2 aromatic carbocycles. The van der Waals surface area contributed by atoms with Gasteiger partial charge in [-0.25, -0.2) is 4.39 Å². The van der Waals surface area contributed by atoms with Gasteiger partial charge in [0.05, 0.1) is 17.6 Å². The second-order valence-electron chi connectivity index (χ2n) is 6.77. The lowest BCUT2D eigenvalue weighted by molar-refractivity contribution is -0.124. The summed E-state index contributed by atoms with van der Waals surface area (Å²) in [6.07, 6.45) is 1.93. The molecule has 1 aliphatic heterocycles. The number of carbonyl (C=O) groups excluding carboxylic acids is 3. The van der Waals surface area contributed by atoms with Gasteiger partial charge in [0.15, 0.2) is 0 Å². The summed E-state index contributed by atoms with van der Waals surface area (Å²) in [4.78, 5) is 38.2. The number of carbonyl (C=O) groups is 3. The van der Waals surface area contributed by atoms with Gasteiger partial charge in [0.2, 0.25) is 5.91 Å². The first-order valence-corrected chi connectivity index (χ1v) is 10.2. The van der Waals surface area contributed by atoms with Crippen molar-refractivity contribution in [2.45, 2.75) is 18.9 Å². The van der Waals surface area contributed by atoms with Gasteiger partial charge >= 0.3 is 0 Å². The molecule has 30 heavy (non-hydrogen) atoms. The minimum Gasteiger partial charge on any atom is -0.394 e. The summed E-state index contributed by atoms with van der Waals surface area (Å²) < 4.78 is 13.0. The smallest absolute Gasteiger partial charge is 0.293 e. The molecule has 3 amide bonds. The van der Waals surface area contributed by atoms with Gasteiger partial charge < -0.3 is 10.4 Å². The summed E-state index contributed by atoms with van der Waals surface area (Å²) in [5.74, 6) is -1.23. The van der Waals surface area contributed by atoms with Crippen LogP contribution in [0, 0.1) is 5.82 Å². The van der Waals surface area contributed by atoms with Gasteiger partial charge in [0.25, 0.3) is 11.1 Å². The summed E-state index contributed by atoms with van der Waals surface area (Å²) in [5, 5.41) is 11.8. The maximum Gasteiger partial charge on any atom is 0.293 e. The third-order valence-electron chi connectivity index (χ3n) is 4.51. The zero-order valence-corrected chi connectivity index (χ0v) is 16.9. The quantitative estimate of drug-likeness (QED) is 0.632. The van der Waals surface area contributed by atoms with Crippen LogP contribution in [0.15, 0.2) is 59.5 Å². The molecule has 2 N–H and O–H groups in total. The number of hydrogen-bond donors (Lipinski definition) is 2. The fraction of sp³-hybridized carbons (Fsp3) is 0.227. The van der Waals surface area contributed by atoms with Crippen molar-refractivity contribution < 1.29 is 23.9 Å². The van der Waals surface area contributed by atoms with Crippen LogP contribution in [0.2, 0.25) is 0 Å². The molecule has 156 valence electrons. The molecule has 1 heterocycles. The van der Waals surface area contributed by atoms with Gasteiger partial charge in [0, 0.05) is 13.0 Å². The second kappa shape index (κ2) is 10.2. The fourth-order valence-corrected chi connectivity index (χ4v) is 3.84. The first-order chi connectivity index (χ1) is 14.5. The topological polar surface area (TPSA) is 86.7 Å².